The van der Waals surface area contributed by atoms with Gasteiger partial charge in [0.25, 0.3) is 0 Å². The smallest absolute Gasteiger partial charge is 0.338 e. The quantitative estimate of drug-likeness (QED) is 0.859. The zero-order valence-corrected chi connectivity index (χ0v) is 9.98. The summed E-state index contributed by atoms with van der Waals surface area (Å²) in [5.41, 5.74) is 0.498. The number of hydrogen-bond acceptors (Lipinski definition) is 2. The van der Waals surface area contributed by atoms with Crippen LogP contribution in [-0.2, 0) is 0 Å². The predicted octanol–water partition coefficient (Wildman–Crippen LogP) is 2.62. The first-order valence-corrected chi connectivity index (χ1v) is 5.77. The lowest BCUT2D eigenvalue weighted by Crippen LogP contribution is -2.20. The Bertz CT molecular complexity index is 437. The highest BCUT2D eigenvalue weighted by Gasteiger charge is 2.26. The van der Waals surface area contributed by atoms with Gasteiger partial charge in [-0.05, 0) is 30.0 Å². The fourth-order valence-corrected chi connectivity index (χ4v) is 2.21. The molecule has 17 heavy (non-hydrogen) atoms. The first-order valence-electron chi connectivity index (χ1n) is 5.77. The van der Waals surface area contributed by atoms with Gasteiger partial charge in [0.15, 0.2) is 0 Å². The van der Waals surface area contributed by atoms with Crippen LogP contribution in [0.1, 0.15) is 24.2 Å². The number of nitrogens with zero attached hydrogens (tertiary/aromatic N) is 1. The van der Waals surface area contributed by atoms with Crippen molar-refractivity contribution < 1.29 is 14.3 Å². The Labute approximate surface area is 99.9 Å². The average Bonchev–Trinajstić information content (AvgIpc) is 2.58. The summed E-state index contributed by atoms with van der Waals surface area (Å²) in [6.45, 7) is 6.14. The maximum Gasteiger partial charge on any atom is 0.338 e. The van der Waals surface area contributed by atoms with Gasteiger partial charge in [0.1, 0.15) is 5.82 Å². The standard InChI is InChI=1S/C13H16FNO2/c1-8-6-15(7-9(8)2)10-3-4-11(13(16)17)12(14)5-10/h3-5,8-9H,6-7H2,1-2H3,(H,16,17). The molecule has 0 aliphatic carbocycles. The van der Waals surface area contributed by atoms with E-state index >= 15 is 0 Å². The first-order chi connectivity index (χ1) is 7.99. The average molecular weight is 237 g/mol. The third kappa shape index (κ3) is 2.25. The Morgan fingerprint density at radius 3 is 2.41 bits per heavy atom. The molecule has 0 radical (unpaired) electrons. The first kappa shape index (κ1) is 11.9. The summed E-state index contributed by atoms with van der Waals surface area (Å²) in [4.78, 5) is 12.8. The zero-order valence-electron chi connectivity index (χ0n) is 9.98. The van der Waals surface area contributed by atoms with E-state index < -0.39 is 11.8 Å². The Morgan fingerprint density at radius 1 is 1.35 bits per heavy atom. The summed E-state index contributed by atoms with van der Waals surface area (Å²) in [6, 6.07) is 4.33. The van der Waals surface area contributed by atoms with Crippen LogP contribution in [0.3, 0.4) is 0 Å². The van der Waals surface area contributed by atoms with E-state index in [1.165, 1.54) is 12.1 Å². The van der Waals surface area contributed by atoms with E-state index in [0.717, 1.165) is 18.8 Å². The molecule has 0 saturated carbocycles. The van der Waals surface area contributed by atoms with Crippen LogP contribution in [0.5, 0.6) is 0 Å². The van der Waals surface area contributed by atoms with E-state index in [9.17, 15) is 9.18 Å². The van der Waals surface area contributed by atoms with E-state index in [0.29, 0.717) is 11.8 Å². The summed E-state index contributed by atoms with van der Waals surface area (Å²) < 4.78 is 13.5. The summed E-state index contributed by atoms with van der Waals surface area (Å²) in [6.07, 6.45) is 0. The maximum absolute atomic E-state index is 13.5. The van der Waals surface area contributed by atoms with Crippen molar-refractivity contribution in [3.05, 3.63) is 29.6 Å². The van der Waals surface area contributed by atoms with Crippen molar-refractivity contribution in [1.29, 1.82) is 0 Å². The van der Waals surface area contributed by atoms with Crippen molar-refractivity contribution in [3.8, 4) is 0 Å². The van der Waals surface area contributed by atoms with Gasteiger partial charge in [0, 0.05) is 18.8 Å². The minimum atomic E-state index is -1.22. The molecular formula is C13H16FNO2. The molecule has 1 aliphatic heterocycles. The molecule has 1 saturated heterocycles. The lowest BCUT2D eigenvalue weighted by atomic mass is 10.0. The Hall–Kier alpha value is -1.58. The van der Waals surface area contributed by atoms with Crippen molar-refractivity contribution in [2.75, 3.05) is 18.0 Å². The molecule has 4 heteroatoms. The van der Waals surface area contributed by atoms with Crippen LogP contribution in [0, 0.1) is 17.7 Å². The highest BCUT2D eigenvalue weighted by molar-refractivity contribution is 5.88. The van der Waals surface area contributed by atoms with Gasteiger partial charge in [-0.3, -0.25) is 0 Å². The molecular weight excluding hydrogens is 221 g/mol. The highest BCUT2D eigenvalue weighted by Crippen LogP contribution is 2.28. The summed E-state index contributed by atoms with van der Waals surface area (Å²) in [5, 5.41) is 8.75. The van der Waals surface area contributed by atoms with E-state index in [4.69, 9.17) is 5.11 Å². The van der Waals surface area contributed by atoms with Crippen molar-refractivity contribution >= 4 is 11.7 Å². The molecule has 1 aromatic carbocycles. The van der Waals surface area contributed by atoms with Gasteiger partial charge in [-0.25, -0.2) is 9.18 Å². The van der Waals surface area contributed by atoms with Gasteiger partial charge < -0.3 is 10.0 Å². The SMILES string of the molecule is CC1CN(c2ccc(C(=O)O)c(F)c2)CC1C. The van der Waals surface area contributed by atoms with Crippen LogP contribution >= 0.6 is 0 Å². The monoisotopic (exact) mass is 237 g/mol. The van der Waals surface area contributed by atoms with Crippen LogP contribution in [0.25, 0.3) is 0 Å². The topological polar surface area (TPSA) is 40.5 Å². The normalized spacial score (nSPS) is 24.1. The third-order valence-electron chi connectivity index (χ3n) is 3.54. The number of anilines is 1. The predicted molar refractivity (Wildman–Crippen MR) is 63.9 cm³/mol. The largest absolute Gasteiger partial charge is 0.478 e. The minimum absolute atomic E-state index is 0.269. The second-order valence-corrected chi connectivity index (χ2v) is 4.83. The molecule has 1 N–H and O–H groups in total. The van der Waals surface area contributed by atoms with Gasteiger partial charge >= 0.3 is 5.97 Å². The van der Waals surface area contributed by atoms with Crippen LogP contribution in [0.2, 0.25) is 0 Å². The van der Waals surface area contributed by atoms with Crippen molar-refractivity contribution in [1.82, 2.24) is 0 Å². The number of hydrogen-bond donors (Lipinski definition) is 1. The third-order valence-corrected chi connectivity index (χ3v) is 3.54. The van der Waals surface area contributed by atoms with Crippen molar-refractivity contribution in [2.45, 2.75) is 13.8 Å². The second-order valence-electron chi connectivity index (χ2n) is 4.83. The van der Waals surface area contributed by atoms with Crippen LogP contribution in [0.15, 0.2) is 18.2 Å². The van der Waals surface area contributed by atoms with Gasteiger partial charge in [0.2, 0.25) is 0 Å². The van der Waals surface area contributed by atoms with Crippen LogP contribution in [0.4, 0.5) is 10.1 Å². The summed E-state index contributed by atoms with van der Waals surface area (Å²) in [7, 11) is 0. The van der Waals surface area contributed by atoms with Gasteiger partial charge in [-0.2, -0.15) is 0 Å². The van der Waals surface area contributed by atoms with Crippen LogP contribution < -0.4 is 4.90 Å². The molecule has 1 aliphatic rings. The van der Waals surface area contributed by atoms with Gasteiger partial charge in [-0.15, -0.1) is 0 Å². The Kier molecular flexibility index (Phi) is 3.05. The number of carboxylic acids is 1. The molecule has 92 valence electrons. The summed E-state index contributed by atoms with van der Waals surface area (Å²) in [5.74, 6) is -0.728. The molecule has 2 unspecified atom stereocenters. The fourth-order valence-electron chi connectivity index (χ4n) is 2.21. The molecule has 0 amide bonds. The zero-order chi connectivity index (χ0) is 12.6. The molecule has 2 atom stereocenters. The Balaban J connectivity index is 2.24. The van der Waals surface area contributed by atoms with Crippen LogP contribution in [-0.4, -0.2) is 24.2 Å². The van der Waals surface area contributed by atoms with E-state index in [2.05, 4.69) is 18.7 Å². The molecule has 0 spiro atoms. The van der Waals surface area contributed by atoms with Gasteiger partial charge in [0.05, 0.1) is 5.56 Å². The maximum atomic E-state index is 13.5. The molecule has 0 bridgehead atoms. The number of carboxylic acid groups (broad SMARTS) is 1. The molecule has 1 aromatic rings. The van der Waals surface area contributed by atoms with E-state index in [-0.39, 0.29) is 5.56 Å². The lowest BCUT2D eigenvalue weighted by molar-refractivity contribution is 0.0692. The Morgan fingerprint density at radius 2 is 1.94 bits per heavy atom. The van der Waals surface area contributed by atoms with E-state index in [1.807, 2.05) is 0 Å². The second kappa shape index (κ2) is 4.35. The fraction of sp³-hybridized carbons (Fsp3) is 0.462. The number of aromatic carboxylic acids is 1. The molecule has 0 aromatic heterocycles. The lowest BCUT2D eigenvalue weighted by Gasteiger charge is -2.18. The molecule has 1 heterocycles. The number of carbonyl (C=O) groups is 1. The molecule has 2 rings (SSSR count). The van der Waals surface area contributed by atoms with Gasteiger partial charge in [-0.1, -0.05) is 13.8 Å². The molecule has 1 fully saturated rings. The molecule has 3 nitrogen and oxygen atoms in total. The number of benzene rings is 1. The van der Waals surface area contributed by atoms with E-state index in [1.54, 1.807) is 6.07 Å². The number of halogens is 1. The van der Waals surface area contributed by atoms with Crippen molar-refractivity contribution in [3.63, 3.8) is 0 Å². The van der Waals surface area contributed by atoms with Crippen molar-refractivity contribution in [2.24, 2.45) is 11.8 Å². The summed E-state index contributed by atoms with van der Waals surface area (Å²) >= 11 is 0. The highest BCUT2D eigenvalue weighted by atomic mass is 19.1. The number of rotatable bonds is 2. The minimum Gasteiger partial charge on any atom is -0.478 e.